The van der Waals surface area contributed by atoms with Gasteiger partial charge in [0.25, 0.3) is 0 Å². The molecule has 2 aromatic heterocycles. The summed E-state index contributed by atoms with van der Waals surface area (Å²) in [5, 5.41) is 2.80. The normalized spacial score (nSPS) is 11.8. The van der Waals surface area contributed by atoms with Gasteiger partial charge in [0.1, 0.15) is 5.01 Å². The maximum Gasteiger partial charge on any atom is 0.243 e. The van der Waals surface area contributed by atoms with Crippen molar-refractivity contribution < 1.29 is 8.42 Å². The lowest BCUT2D eigenvalue weighted by atomic mass is 10.2. The summed E-state index contributed by atoms with van der Waals surface area (Å²) in [5.74, 6) is 0. The number of aromatic nitrogens is 2. The molecule has 0 radical (unpaired) electrons. The van der Waals surface area contributed by atoms with Gasteiger partial charge in [-0.25, -0.2) is 13.4 Å². The minimum atomic E-state index is -3.43. The molecule has 0 aliphatic rings. The molecule has 0 bridgehead atoms. The van der Waals surface area contributed by atoms with E-state index >= 15 is 0 Å². The van der Waals surface area contributed by atoms with Crippen LogP contribution in [0.15, 0.2) is 58.9 Å². The highest BCUT2D eigenvalue weighted by Crippen LogP contribution is 2.28. The van der Waals surface area contributed by atoms with E-state index in [1.807, 2.05) is 37.4 Å². The Balaban J connectivity index is 1.88. The average molecular weight is 374 g/mol. The number of nitrogens with zero attached hydrogens (tertiary/aromatic N) is 3. The first-order valence-electron chi connectivity index (χ1n) is 8.03. The summed E-state index contributed by atoms with van der Waals surface area (Å²) in [6, 6.07) is 12.6. The van der Waals surface area contributed by atoms with Crippen LogP contribution in [0.3, 0.4) is 0 Å². The van der Waals surface area contributed by atoms with E-state index in [-0.39, 0.29) is 0 Å². The molecule has 3 aromatic rings. The molecule has 0 aliphatic carbocycles. The molecule has 7 heteroatoms. The van der Waals surface area contributed by atoms with Crippen LogP contribution in [0.1, 0.15) is 13.8 Å². The Labute approximate surface area is 152 Å². The molecule has 0 N–H and O–H groups in total. The predicted octanol–water partition coefficient (Wildman–Crippen LogP) is 3.90. The number of hydrogen-bond donors (Lipinski definition) is 0. The number of benzene rings is 1. The number of pyridine rings is 1. The molecule has 0 spiro atoms. The number of hydrogen-bond acceptors (Lipinski definition) is 5. The van der Waals surface area contributed by atoms with Gasteiger partial charge in [-0.1, -0.05) is 32.0 Å². The number of sulfonamides is 1. The highest BCUT2D eigenvalue weighted by Gasteiger charge is 2.21. The first-order valence-corrected chi connectivity index (χ1v) is 10.4. The third kappa shape index (κ3) is 3.63. The molecule has 1 aromatic carbocycles. The monoisotopic (exact) mass is 373 g/mol. The highest BCUT2D eigenvalue weighted by atomic mass is 32.2. The molecular formula is C18H19N3O2S2. The Bertz CT molecular complexity index is 932. The smallest absolute Gasteiger partial charge is 0.243 e. The standard InChI is InChI=1S/C18H19N3O2S2/c1-3-21(4-2)25(22,23)15-10-8-14(9-11-15)17-13-24-18(20-17)16-7-5-6-12-19-16/h5-13H,3-4H2,1-2H3. The summed E-state index contributed by atoms with van der Waals surface area (Å²) < 4.78 is 26.5. The predicted molar refractivity (Wildman–Crippen MR) is 101 cm³/mol. The first kappa shape index (κ1) is 17.7. The molecule has 0 atom stereocenters. The second kappa shape index (κ2) is 7.43. The van der Waals surface area contributed by atoms with Crippen molar-refractivity contribution >= 4 is 21.4 Å². The Kier molecular flexibility index (Phi) is 5.27. The van der Waals surface area contributed by atoms with E-state index < -0.39 is 10.0 Å². The van der Waals surface area contributed by atoms with Crippen LogP contribution in [-0.2, 0) is 10.0 Å². The van der Waals surface area contributed by atoms with E-state index in [0.29, 0.717) is 18.0 Å². The molecule has 5 nitrogen and oxygen atoms in total. The van der Waals surface area contributed by atoms with Gasteiger partial charge in [-0.05, 0) is 24.3 Å². The fourth-order valence-corrected chi connectivity index (χ4v) is 4.79. The highest BCUT2D eigenvalue weighted by molar-refractivity contribution is 7.89. The van der Waals surface area contributed by atoms with Crippen LogP contribution in [0.2, 0.25) is 0 Å². The van der Waals surface area contributed by atoms with Crippen LogP contribution >= 0.6 is 11.3 Å². The van der Waals surface area contributed by atoms with Crippen LogP contribution in [0.25, 0.3) is 22.0 Å². The number of rotatable bonds is 6. The summed E-state index contributed by atoms with van der Waals surface area (Å²) in [6.07, 6.45) is 1.74. The molecule has 25 heavy (non-hydrogen) atoms. The molecule has 0 unspecified atom stereocenters. The minimum absolute atomic E-state index is 0.306. The second-order valence-corrected chi connectivity index (χ2v) is 8.16. The zero-order valence-electron chi connectivity index (χ0n) is 14.1. The van der Waals surface area contributed by atoms with Crippen molar-refractivity contribution in [2.24, 2.45) is 0 Å². The lowest BCUT2D eigenvalue weighted by Crippen LogP contribution is -2.30. The molecule has 0 saturated carbocycles. The third-order valence-corrected chi connectivity index (χ3v) is 6.81. The summed E-state index contributed by atoms with van der Waals surface area (Å²) >= 11 is 1.52. The summed E-state index contributed by atoms with van der Waals surface area (Å²) in [5.41, 5.74) is 2.54. The van der Waals surface area contributed by atoms with Gasteiger partial charge in [-0.3, -0.25) is 4.98 Å². The third-order valence-electron chi connectivity index (χ3n) is 3.88. The van der Waals surface area contributed by atoms with Gasteiger partial charge in [0.05, 0.1) is 16.3 Å². The van der Waals surface area contributed by atoms with Gasteiger partial charge in [-0.15, -0.1) is 11.3 Å². The van der Waals surface area contributed by atoms with Crippen molar-refractivity contribution in [3.05, 3.63) is 54.0 Å². The van der Waals surface area contributed by atoms with Crippen molar-refractivity contribution in [1.82, 2.24) is 14.3 Å². The summed E-state index contributed by atoms with van der Waals surface area (Å²) in [7, 11) is -3.43. The largest absolute Gasteiger partial charge is 0.254 e. The summed E-state index contributed by atoms with van der Waals surface area (Å²) in [6.45, 7) is 4.59. The van der Waals surface area contributed by atoms with Crippen molar-refractivity contribution in [2.45, 2.75) is 18.7 Å². The van der Waals surface area contributed by atoms with Gasteiger partial charge in [0.2, 0.25) is 10.0 Å². The van der Waals surface area contributed by atoms with Crippen LogP contribution < -0.4 is 0 Å². The van der Waals surface area contributed by atoms with E-state index in [0.717, 1.165) is 22.0 Å². The average Bonchev–Trinajstić information content (AvgIpc) is 3.13. The van der Waals surface area contributed by atoms with Gasteiger partial charge < -0.3 is 0 Å². The van der Waals surface area contributed by atoms with E-state index in [9.17, 15) is 8.42 Å². The van der Waals surface area contributed by atoms with E-state index in [1.165, 1.54) is 15.6 Å². The molecule has 0 aliphatic heterocycles. The Morgan fingerprint density at radius 2 is 1.72 bits per heavy atom. The van der Waals surface area contributed by atoms with Gasteiger partial charge in [0, 0.05) is 30.2 Å². The fourth-order valence-electron chi connectivity index (χ4n) is 2.52. The maximum atomic E-state index is 12.5. The zero-order valence-corrected chi connectivity index (χ0v) is 15.7. The lowest BCUT2D eigenvalue weighted by molar-refractivity contribution is 0.445. The van der Waals surface area contributed by atoms with E-state index in [4.69, 9.17) is 0 Å². The molecular weight excluding hydrogens is 354 g/mol. The van der Waals surface area contributed by atoms with Crippen LogP contribution in [0.4, 0.5) is 0 Å². The molecule has 0 fully saturated rings. The van der Waals surface area contributed by atoms with Crippen LogP contribution in [0.5, 0.6) is 0 Å². The van der Waals surface area contributed by atoms with E-state index in [1.54, 1.807) is 30.5 Å². The Morgan fingerprint density at radius 1 is 1.00 bits per heavy atom. The molecule has 2 heterocycles. The molecule has 0 amide bonds. The van der Waals surface area contributed by atoms with Crippen molar-refractivity contribution in [3.8, 4) is 22.0 Å². The SMILES string of the molecule is CCN(CC)S(=O)(=O)c1ccc(-c2csc(-c3ccccn3)n2)cc1. The minimum Gasteiger partial charge on any atom is -0.254 e. The quantitative estimate of drug-likeness (QED) is 0.657. The van der Waals surface area contributed by atoms with Crippen LogP contribution in [0, 0.1) is 0 Å². The van der Waals surface area contributed by atoms with Crippen LogP contribution in [-0.4, -0.2) is 35.8 Å². The Hall–Kier alpha value is -2.09. The zero-order chi connectivity index (χ0) is 17.9. The first-order chi connectivity index (χ1) is 12.1. The number of thiazole rings is 1. The van der Waals surface area contributed by atoms with Crippen molar-refractivity contribution in [2.75, 3.05) is 13.1 Å². The molecule has 3 rings (SSSR count). The van der Waals surface area contributed by atoms with Crippen molar-refractivity contribution in [3.63, 3.8) is 0 Å². The van der Waals surface area contributed by atoms with Gasteiger partial charge >= 0.3 is 0 Å². The fraction of sp³-hybridized carbons (Fsp3) is 0.222. The lowest BCUT2D eigenvalue weighted by Gasteiger charge is -2.18. The second-order valence-electron chi connectivity index (χ2n) is 5.37. The topological polar surface area (TPSA) is 63.2 Å². The Morgan fingerprint density at radius 3 is 2.32 bits per heavy atom. The van der Waals surface area contributed by atoms with Gasteiger partial charge in [-0.2, -0.15) is 4.31 Å². The molecule has 130 valence electrons. The van der Waals surface area contributed by atoms with Crippen molar-refractivity contribution in [1.29, 1.82) is 0 Å². The molecule has 0 saturated heterocycles. The van der Waals surface area contributed by atoms with Gasteiger partial charge in [0.15, 0.2) is 0 Å². The van der Waals surface area contributed by atoms with E-state index in [2.05, 4.69) is 9.97 Å². The summed E-state index contributed by atoms with van der Waals surface area (Å²) in [4.78, 5) is 9.22. The maximum absolute atomic E-state index is 12.5.